The van der Waals surface area contributed by atoms with Crippen LogP contribution in [0.2, 0.25) is 0 Å². The van der Waals surface area contributed by atoms with Gasteiger partial charge in [0.05, 0.1) is 37.5 Å². The van der Waals surface area contributed by atoms with Crippen LogP contribution >= 0.6 is 0 Å². The van der Waals surface area contributed by atoms with Crippen LogP contribution < -0.4 is 27.8 Å². The van der Waals surface area contributed by atoms with Crippen molar-refractivity contribution in [3.8, 4) is 0 Å². The molecule has 0 saturated heterocycles. The van der Waals surface area contributed by atoms with Crippen LogP contribution in [0, 0.1) is 0 Å². The highest BCUT2D eigenvalue weighted by molar-refractivity contribution is 5.98. The number of likely N-dealkylation sites (N-methyl/N-ethyl adjacent to an activating group) is 1. The zero-order valence-corrected chi connectivity index (χ0v) is 20.9. The van der Waals surface area contributed by atoms with Crippen molar-refractivity contribution in [3.63, 3.8) is 0 Å². The predicted octanol–water partition coefficient (Wildman–Crippen LogP) is 0.982. The molecule has 0 aliphatic heterocycles. The molecule has 0 saturated carbocycles. The number of quaternary nitrogens is 1. The van der Waals surface area contributed by atoms with Gasteiger partial charge in [-0.2, -0.15) is 0 Å². The first-order valence-electron chi connectivity index (χ1n) is 12.3. The van der Waals surface area contributed by atoms with Gasteiger partial charge in [-0.05, 0) is 30.5 Å². The van der Waals surface area contributed by atoms with E-state index in [1.165, 1.54) is 0 Å². The molecule has 1 aromatic heterocycles. The van der Waals surface area contributed by atoms with Crippen molar-refractivity contribution in [1.82, 2.24) is 10.3 Å². The summed E-state index contributed by atoms with van der Waals surface area (Å²) in [6.45, 7) is 2.62. The molecule has 3 aromatic rings. The highest BCUT2D eigenvalue weighted by atomic mass is 16.2. The first kappa shape index (κ1) is 27.2. The minimum atomic E-state index is -0.803. The number of hydrogen-bond acceptors (Lipinski definition) is 6. The third kappa shape index (κ3) is 7.82. The number of benzene rings is 2. The highest BCUT2D eigenvalue weighted by Gasteiger charge is 2.30. The van der Waals surface area contributed by atoms with Gasteiger partial charge in [-0.15, -0.1) is 0 Å². The van der Waals surface area contributed by atoms with Crippen LogP contribution in [-0.2, 0) is 16.0 Å². The number of carbonyl (C=O) groups excluding carboxylic acids is 2. The molecule has 2 aromatic carbocycles. The zero-order valence-electron chi connectivity index (χ0n) is 20.9. The van der Waals surface area contributed by atoms with Crippen LogP contribution in [0.5, 0.6) is 0 Å². The molecule has 0 radical (unpaired) electrons. The molecule has 192 valence electrons. The number of anilines is 1. The van der Waals surface area contributed by atoms with Crippen LogP contribution in [-0.4, -0.2) is 73.1 Å². The van der Waals surface area contributed by atoms with Gasteiger partial charge >= 0.3 is 0 Å². The number of hydrogen-bond donors (Lipinski definition) is 5. The summed E-state index contributed by atoms with van der Waals surface area (Å²) >= 11 is 0. The van der Waals surface area contributed by atoms with E-state index in [0.29, 0.717) is 55.7 Å². The largest absolute Gasteiger partial charge is 0.343 e. The van der Waals surface area contributed by atoms with Gasteiger partial charge in [-0.1, -0.05) is 48.5 Å². The molecule has 9 nitrogen and oxygen atoms in total. The number of nitrogens with two attached hydrogens (primary N) is 3. The summed E-state index contributed by atoms with van der Waals surface area (Å²) in [6.07, 6.45) is 2.66. The molecule has 0 fully saturated rings. The van der Waals surface area contributed by atoms with Gasteiger partial charge in [-0.25, -0.2) is 0 Å². The zero-order chi connectivity index (χ0) is 26.0. The van der Waals surface area contributed by atoms with Crippen LogP contribution in [0.15, 0.2) is 66.9 Å². The number of rotatable bonds is 13. The van der Waals surface area contributed by atoms with Crippen molar-refractivity contribution in [2.75, 3.05) is 45.1 Å². The second-order valence-corrected chi connectivity index (χ2v) is 9.42. The number of nitrogens with one attached hydrogen (secondary N) is 2. The fourth-order valence-corrected chi connectivity index (χ4v) is 4.35. The quantitative estimate of drug-likeness (QED) is 0.225. The summed E-state index contributed by atoms with van der Waals surface area (Å²) in [7, 11) is 1.99. The molecular weight excluding hydrogens is 454 g/mol. The van der Waals surface area contributed by atoms with Gasteiger partial charge in [0.2, 0.25) is 11.8 Å². The maximum absolute atomic E-state index is 13.3. The number of aromatic nitrogens is 1. The Morgan fingerprint density at radius 3 is 2.33 bits per heavy atom. The number of nitrogens with zero attached hydrogens (tertiary/aromatic N) is 2. The van der Waals surface area contributed by atoms with E-state index in [9.17, 15) is 9.59 Å². The Kier molecular flexibility index (Phi) is 9.89. The van der Waals surface area contributed by atoms with E-state index < -0.39 is 12.1 Å². The molecular formula is C27H38N7O2+. The molecule has 0 spiro atoms. The molecule has 0 aliphatic rings. The third-order valence-corrected chi connectivity index (χ3v) is 6.37. The monoisotopic (exact) mass is 492 g/mol. The lowest BCUT2D eigenvalue weighted by Gasteiger charge is -2.35. The van der Waals surface area contributed by atoms with Gasteiger partial charge in [0.15, 0.2) is 0 Å². The van der Waals surface area contributed by atoms with E-state index in [4.69, 9.17) is 17.2 Å². The number of fused-ring (bicyclic) bond motifs is 1. The molecule has 9 heteroatoms. The van der Waals surface area contributed by atoms with Gasteiger partial charge < -0.3 is 32.3 Å². The molecule has 3 rings (SSSR count). The first-order valence-corrected chi connectivity index (χ1v) is 12.3. The van der Waals surface area contributed by atoms with E-state index in [2.05, 4.69) is 15.6 Å². The lowest BCUT2D eigenvalue weighted by molar-refractivity contribution is -0.906. The summed E-state index contributed by atoms with van der Waals surface area (Å²) < 4.78 is 0.491. The second-order valence-electron chi connectivity index (χ2n) is 9.42. The van der Waals surface area contributed by atoms with Gasteiger partial charge in [0.25, 0.3) is 0 Å². The van der Waals surface area contributed by atoms with Crippen molar-refractivity contribution in [1.29, 1.82) is 0 Å². The molecule has 2 amide bonds. The normalized spacial score (nSPS) is 13.2. The Labute approximate surface area is 212 Å². The van der Waals surface area contributed by atoms with Crippen molar-refractivity contribution in [3.05, 3.63) is 72.4 Å². The minimum Gasteiger partial charge on any atom is -0.343 e. The molecule has 1 heterocycles. The maximum atomic E-state index is 13.3. The topological polar surface area (TPSA) is 149 Å². The fraction of sp³-hybridized carbons (Fsp3) is 0.370. The highest BCUT2D eigenvalue weighted by Crippen LogP contribution is 2.17. The number of pyridine rings is 1. The summed E-state index contributed by atoms with van der Waals surface area (Å²) in [5.74, 6) is -0.692. The van der Waals surface area contributed by atoms with Crippen molar-refractivity contribution in [2.45, 2.75) is 24.9 Å². The SMILES string of the molecule is C[N+](CCN)(CCN)C[C@H](N)C(=O)N[C@H](CCc1ccccc1)C(=O)Nc1cnc2ccccc2c1. The Bertz CT molecular complexity index is 1130. The van der Waals surface area contributed by atoms with Crippen LogP contribution in [0.25, 0.3) is 10.9 Å². The lowest BCUT2D eigenvalue weighted by atomic mass is 10.0. The maximum Gasteiger partial charge on any atom is 0.247 e. The minimum absolute atomic E-state index is 0.315. The number of amides is 2. The standard InChI is InChI=1S/C27H37N7O2/c1-34(15-13-28,16-14-29)19-23(30)26(35)33-25(12-11-20-7-3-2-4-8-20)27(36)32-22-17-21-9-5-6-10-24(21)31-18-22/h2-10,17-18,23,25H,11-16,19,28-30H2,1H3,(H-,32,33,35,36)/p+1/t23-,25+/m0/s1. The van der Waals surface area contributed by atoms with Gasteiger partial charge in [-0.3, -0.25) is 14.6 Å². The number of para-hydroxylation sites is 1. The molecule has 0 unspecified atom stereocenters. The average molecular weight is 493 g/mol. The fourth-order valence-electron chi connectivity index (χ4n) is 4.35. The first-order chi connectivity index (χ1) is 17.3. The Balaban J connectivity index is 1.72. The third-order valence-electron chi connectivity index (χ3n) is 6.37. The Morgan fingerprint density at radius 1 is 0.972 bits per heavy atom. The van der Waals surface area contributed by atoms with E-state index in [1.54, 1.807) is 6.20 Å². The van der Waals surface area contributed by atoms with E-state index in [-0.39, 0.29) is 11.8 Å². The second kappa shape index (κ2) is 13.1. The van der Waals surface area contributed by atoms with Crippen LogP contribution in [0.3, 0.4) is 0 Å². The molecule has 0 aliphatic carbocycles. The summed E-state index contributed by atoms with van der Waals surface area (Å²) in [5, 5.41) is 6.71. The Hall–Kier alpha value is -3.37. The smallest absolute Gasteiger partial charge is 0.247 e. The average Bonchev–Trinajstić information content (AvgIpc) is 2.87. The number of aryl methyl sites for hydroxylation is 1. The van der Waals surface area contributed by atoms with Gasteiger partial charge in [0, 0.05) is 18.5 Å². The van der Waals surface area contributed by atoms with Crippen molar-refractivity contribution >= 4 is 28.4 Å². The molecule has 8 N–H and O–H groups in total. The van der Waals surface area contributed by atoms with Crippen molar-refractivity contribution in [2.24, 2.45) is 17.2 Å². The number of carbonyl (C=O) groups is 2. The lowest BCUT2D eigenvalue weighted by Crippen LogP contribution is -2.60. The molecule has 2 atom stereocenters. The summed E-state index contributed by atoms with van der Waals surface area (Å²) in [4.78, 5) is 30.8. The van der Waals surface area contributed by atoms with Crippen LogP contribution in [0.1, 0.15) is 12.0 Å². The summed E-state index contributed by atoms with van der Waals surface area (Å²) in [6, 6.07) is 17.8. The summed E-state index contributed by atoms with van der Waals surface area (Å²) in [5.41, 5.74) is 20.3. The van der Waals surface area contributed by atoms with Crippen LogP contribution in [0.4, 0.5) is 5.69 Å². The predicted molar refractivity (Wildman–Crippen MR) is 144 cm³/mol. The van der Waals surface area contributed by atoms with E-state index in [0.717, 1.165) is 16.5 Å². The molecule has 0 bridgehead atoms. The van der Waals surface area contributed by atoms with E-state index >= 15 is 0 Å². The van der Waals surface area contributed by atoms with Crippen molar-refractivity contribution < 1.29 is 14.1 Å². The van der Waals surface area contributed by atoms with E-state index in [1.807, 2.05) is 67.7 Å². The Morgan fingerprint density at radius 2 is 1.64 bits per heavy atom. The van der Waals surface area contributed by atoms with Gasteiger partial charge in [0.1, 0.15) is 18.6 Å². The molecule has 36 heavy (non-hydrogen) atoms.